The Hall–Kier alpha value is -3.48. The van der Waals surface area contributed by atoms with E-state index in [0.29, 0.717) is 0 Å². The van der Waals surface area contributed by atoms with E-state index in [0.717, 1.165) is 47.6 Å². The molecule has 5 nitrogen and oxygen atoms in total. The van der Waals surface area contributed by atoms with Gasteiger partial charge in [-0.2, -0.15) is 4.57 Å². The van der Waals surface area contributed by atoms with E-state index in [1.54, 1.807) is 7.11 Å². The van der Waals surface area contributed by atoms with E-state index in [1.165, 1.54) is 32.4 Å². The van der Waals surface area contributed by atoms with Gasteiger partial charge in [0.25, 0.3) is 5.82 Å². The molecule has 3 aromatic carbocycles. The lowest BCUT2D eigenvalue weighted by Gasteiger charge is -2.30. The van der Waals surface area contributed by atoms with Gasteiger partial charge in [-0.15, -0.1) is 0 Å². The van der Waals surface area contributed by atoms with Crippen LogP contribution >= 0.6 is 11.8 Å². The SMILES string of the molecule is CCN(CC[N+](C)(C)CC)c1cc(/C=C2\Sc3ccccc3N2C)c2ccc(OC)cc2[n+]1-c1ccccc1. The van der Waals surface area contributed by atoms with Crippen LogP contribution in [0.4, 0.5) is 11.5 Å². The van der Waals surface area contributed by atoms with Gasteiger partial charge in [-0.05, 0) is 61.9 Å². The average Bonchev–Trinajstić information content (AvgIpc) is 3.28. The van der Waals surface area contributed by atoms with E-state index in [2.05, 4.69) is 134 Å². The molecule has 0 radical (unpaired) electrons. The summed E-state index contributed by atoms with van der Waals surface area (Å²) >= 11 is 1.83. The number of aromatic nitrogens is 1. The summed E-state index contributed by atoms with van der Waals surface area (Å²) in [6.45, 7) is 8.58. The Morgan fingerprint density at radius 2 is 1.72 bits per heavy atom. The third-order valence-electron chi connectivity index (χ3n) is 7.87. The molecule has 0 unspecified atom stereocenters. The average molecular weight is 541 g/mol. The lowest BCUT2D eigenvalue weighted by molar-refractivity contribution is -0.887. The van der Waals surface area contributed by atoms with Gasteiger partial charge >= 0.3 is 0 Å². The van der Waals surface area contributed by atoms with Crippen molar-refractivity contribution in [3.05, 3.63) is 89.5 Å². The van der Waals surface area contributed by atoms with Gasteiger partial charge < -0.3 is 14.1 Å². The van der Waals surface area contributed by atoms with Crippen molar-refractivity contribution in [1.82, 2.24) is 0 Å². The number of thioether (sulfide) groups is 1. The zero-order valence-electron chi connectivity index (χ0n) is 24.0. The van der Waals surface area contributed by atoms with Gasteiger partial charge in [0.1, 0.15) is 30.0 Å². The molecule has 6 heteroatoms. The molecule has 0 fully saturated rings. The van der Waals surface area contributed by atoms with Gasteiger partial charge in [-0.3, -0.25) is 4.90 Å². The van der Waals surface area contributed by atoms with Crippen LogP contribution in [0.15, 0.2) is 88.8 Å². The lowest BCUT2D eigenvalue weighted by atomic mass is 10.1. The zero-order valence-corrected chi connectivity index (χ0v) is 24.8. The third kappa shape index (κ3) is 5.49. The van der Waals surface area contributed by atoms with Crippen LogP contribution in [0.25, 0.3) is 22.7 Å². The molecule has 2 heterocycles. The topological polar surface area (TPSA) is 19.6 Å². The Morgan fingerprint density at radius 3 is 2.41 bits per heavy atom. The van der Waals surface area contributed by atoms with Crippen LogP contribution < -0.4 is 19.1 Å². The summed E-state index contributed by atoms with van der Waals surface area (Å²) in [6.07, 6.45) is 2.35. The number of para-hydroxylation sites is 2. The van der Waals surface area contributed by atoms with Crippen LogP contribution in [0.3, 0.4) is 0 Å². The number of methoxy groups -OCH3 is 1. The Labute approximate surface area is 237 Å². The molecule has 5 rings (SSSR count). The Bertz CT molecular complexity index is 1500. The highest BCUT2D eigenvalue weighted by Gasteiger charge is 2.28. The fraction of sp³-hybridized carbons (Fsp3) is 0.303. The number of rotatable bonds is 9. The number of hydrogen-bond acceptors (Lipinski definition) is 4. The number of nitrogens with zero attached hydrogens (tertiary/aromatic N) is 4. The van der Waals surface area contributed by atoms with Crippen LogP contribution in [-0.4, -0.2) is 58.9 Å². The molecule has 0 N–H and O–H groups in total. The number of pyridine rings is 1. The summed E-state index contributed by atoms with van der Waals surface area (Å²) < 4.78 is 9.11. The minimum absolute atomic E-state index is 0.856. The van der Waals surface area contributed by atoms with Crippen LogP contribution in [-0.2, 0) is 0 Å². The maximum absolute atomic E-state index is 5.72. The molecule has 202 valence electrons. The maximum atomic E-state index is 5.72. The second-order valence-corrected chi connectivity index (χ2v) is 11.7. The summed E-state index contributed by atoms with van der Waals surface area (Å²) in [6, 6.07) is 28.1. The molecule has 0 atom stereocenters. The number of hydrogen-bond donors (Lipinski definition) is 0. The fourth-order valence-corrected chi connectivity index (χ4v) is 6.14. The molecule has 0 saturated heterocycles. The van der Waals surface area contributed by atoms with Crippen molar-refractivity contribution >= 4 is 40.2 Å². The number of benzene rings is 3. The van der Waals surface area contributed by atoms with E-state index in [-0.39, 0.29) is 0 Å². The lowest BCUT2D eigenvalue weighted by Crippen LogP contribution is -2.48. The van der Waals surface area contributed by atoms with Gasteiger partial charge in [-0.25, -0.2) is 0 Å². The van der Waals surface area contributed by atoms with Crippen molar-refractivity contribution in [2.45, 2.75) is 18.7 Å². The number of anilines is 2. The van der Waals surface area contributed by atoms with Gasteiger partial charge in [0.15, 0.2) is 0 Å². The molecular formula is C33H40N4OS+2. The molecule has 0 amide bonds. The molecular weight excluding hydrogens is 500 g/mol. The molecule has 1 aliphatic heterocycles. The molecule has 39 heavy (non-hydrogen) atoms. The van der Waals surface area contributed by atoms with Crippen LogP contribution in [0.1, 0.15) is 19.4 Å². The first kappa shape index (κ1) is 27.1. The molecule has 0 aliphatic carbocycles. The number of likely N-dealkylation sites (N-methyl/N-ethyl adjacent to an activating group) is 2. The highest BCUT2D eigenvalue weighted by atomic mass is 32.2. The van der Waals surface area contributed by atoms with Crippen molar-refractivity contribution in [3.8, 4) is 11.4 Å². The highest BCUT2D eigenvalue weighted by Crippen LogP contribution is 2.46. The fourth-order valence-electron chi connectivity index (χ4n) is 5.04. The molecule has 0 bridgehead atoms. The Kier molecular flexibility index (Phi) is 7.87. The molecule has 4 aromatic rings. The van der Waals surface area contributed by atoms with Crippen molar-refractivity contribution in [2.24, 2.45) is 0 Å². The van der Waals surface area contributed by atoms with Crippen LogP contribution in [0, 0.1) is 0 Å². The van der Waals surface area contributed by atoms with Gasteiger partial charge in [0.2, 0.25) is 0 Å². The third-order valence-corrected chi connectivity index (χ3v) is 9.04. The largest absolute Gasteiger partial charge is 0.497 e. The van der Waals surface area contributed by atoms with E-state index >= 15 is 0 Å². The number of quaternary nitrogens is 1. The normalized spacial score (nSPS) is 14.2. The Balaban J connectivity index is 1.74. The summed E-state index contributed by atoms with van der Waals surface area (Å²) in [7, 11) is 8.52. The van der Waals surface area contributed by atoms with Crippen LogP contribution in [0.2, 0.25) is 0 Å². The molecule has 1 aliphatic rings. The van der Waals surface area contributed by atoms with E-state index in [1.807, 2.05) is 11.8 Å². The van der Waals surface area contributed by atoms with Crippen molar-refractivity contribution in [3.63, 3.8) is 0 Å². The maximum Gasteiger partial charge on any atom is 0.283 e. The van der Waals surface area contributed by atoms with E-state index in [9.17, 15) is 0 Å². The monoisotopic (exact) mass is 540 g/mol. The summed E-state index contributed by atoms with van der Waals surface area (Å²) in [4.78, 5) is 6.11. The van der Waals surface area contributed by atoms with E-state index in [4.69, 9.17) is 4.74 Å². The highest BCUT2D eigenvalue weighted by molar-refractivity contribution is 8.03. The first-order chi connectivity index (χ1) is 18.8. The first-order valence-corrected chi connectivity index (χ1v) is 14.6. The zero-order chi connectivity index (χ0) is 27.6. The predicted molar refractivity (Wildman–Crippen MR) is 166 cm³/mol. The van der Waals surface area contributed by atoms with Crippen molar-refractivity contribution in [2.75, 3.05) is 64.2 Å². The second-order valence-electron chi connectivity index (χ2n) is 10.7. The number of ether oxygens (including phenoxy) is 1. The summed E-state index contributed by atoms with van der Waals surface area (Å²) in [5.41, 5.74) is 4.74. The minimum atomic E-state index is 0.856. The molecule has 1 aromatic heterocycles. The smallest absolute Gasteiger partial charge is 0.283 e. The standard InChI is InChI=1S/C33H40N4OS/c1-7-35(20-21-37(4,5)8-2)32-22-25(23-33-34(3)29-16-12-13-17-31(29)39-33)28-19-18-27(38-6)24-30(28)36(32)26-14-10-9-11-15-26/h9-19,22-24H,7-8,20-21H2,1-6H3/q+2. The minimum Gasteiger partial charge on any atom is -0.497 e. The predicted octanol–water partition coefficient (Wildman–Crippen LogP) is 6.59. The van der Waals surface area contributed by atoms with Crippen molar-refractivity contribution < 1.29 is 13.8 Å². The van der Waals surface area contributed by atoms with Gasteiger partial charge in [0.05, 0.1) is 45.0 Å². The molecule has 0 saturated carbocycles. The summed E-state index contributed by atoms with van der Waals surface area (Å²) in [5, 5.41) is 2.42. The molecule has 0 spiro atoms. The second kappa shape index (κ2) is 11.3. The van der Waals surface area contributed by atoms with E-state index < -0.39 is 0 Å². The van der Waals surface area contributed by atoms with Gasteiger partial charge in [-0.1, -0.05) is 42.1 Å². The Morgan fingerprint density at radius 1 is 0.974 bits per heavy atom. The summed E-state index contributed by atoms with van der Waals surface area (Å²) in [5.74, 6) is 2.05. The van der Waals surface area contributed by atoms with Crippen LogP contribution in [0.5, 0.6) is 5.75 Å². The first-order valence-electron chi connectivity index (χ1n) is 13.8. The number of fused-ring (bicyclic) bond motifs is 2. The van der Waals surface area contributed by atoms with Crippen molar-refractivity contribution in [1.29, 1.82) is 0 Å². The van der Waals surface area contributed by atoms with Gasteiger partial charge in [0, 0.05) is 29.5 Å². The quantitative estimate of drug-likeness (QED) is 0.176.